The van der Waals surface area contributed by atoms with Crippen molar-refractivity contribution in [3.63, 3.8) is 0 Å². The number of halogens is 6. The first kappa shape index (κ1) is 22.8. The molecule has 0 aromatic heterocycles. The van der Waals surface area contributed by atoms with Crippen LogP contribution in [0.25, 0.3) is 6.08 Å². The third-order valence-corrected chi connectivity index (χ3v) is 3.50. The zero-order valence-corrected chi connectivity index (χ0v) is 15.0. The molecule has 2 aromatic carbocycles. The van der Waals surface area contributed by atoms with Crippen LogP contribution in [-0.2, 0) is 21.9 Å². The summed E-state index contributed by atoms with van der Waals surface area (Å²) in [5.74, 6) is -1.91. The fourth-order valence-corrected chi connectivity index (χ4v) is 2.11. The highest BCUT2D eigenvalue weighted by Gasteiger charge is 2.31. The number of rotatable bonds is 5. The Bertz CT molecular complexity index is 938. The van der Waals surface area contributed by atoms with E-state index in [-0.39, 0.29) is 11.3 Å². The Morgan fingerprint density at radius 1 is 0.867 bits per heavy atom. The van der Waals surface area contributed by atoms with Crippen molar-refractivity contribution in [3.05, 3.63) is 71.3 Å². The first-order valence-electron chi connectivity index (χ1n) is 8.19. The van der Waals surface area contributed by atoms with E-state index in [9.17, 15) is 35.9 Å². The lowest BCUT2D eigenvalue weighted by Crippen LogP contribution is -2.43. The van der Waals surface area contributed by atoms with E-state index < -0.39 is 41.9 Å². The molecule has 11 heteroatoms. The minimum absolute atomic E-state index is 0.110. The number of hydrogen-bond donors (Lipinski definition) is 2. The molecule has 0 saturated carbocycles. The van der Waals surface area contributed by atoms with Gasteiger partial charge in [0.15, 0.2) is 6.61 Å². The lowest BCUT2D eigenvalue weighted by atomic mass is 10.1. The number of nitrogens with one attached hydrogen (secondary N) is 2. The highest BCUT2D eigenvalue weighted by molar-refractivity contribution is 5.93. The van der Waals surface area contributed by atoms with Crippen molar-refractivity contribution >= 4 is 17.9 Å². The Balaban J connectivity index is 1.82. The maximum Gasteiger partial charge on any atom is 0.416 e. The molecule has 0 aliphatic rings. The summed E-state index contributed by atoms with van der Waals surface area (Å²) >= 11 is 0. The molecule has 0 atom stereocenters. The van der Waals surface area contributed by atoms with E-state index in [0.717, 1.165) is 36.4 Å². The third kappa shape index (κ3) is 7.15. The fraction of sp³-hybridized carbons (Fsp3) is 0.158. The van der Waals surface area contributed by atoms with Crippen LogP contribution < -0.4 is 15.6 Å². The van der Waals surface area contributed by atoms with Gasteiger partial charge in [0, 0.05) is 6.08 Å². The predicted octanol–water partition coefficient (Wildman–Crippen LogP) is 3.96. The summed E-state index contributed by atoms with van der Waals surface area (Å²) in [5, 5.41) is 0. The van der Waals surface area contributed by atoms with Gasteiger partial charge in [0.2, 0.25) is 0 Å². The van der Waals surface area contributed by atoms with Crippen molar-refractivity contribution in [2.45, 2.75) is 12.4 Å². The average Bonchev–Trinajstić information content (AvgIpc) is 2.68. The molecule has 0 spiro atoms. The van der Waals surface area contributed by atoms with Crippen LogP contribution in [-0.4, -0.2) is 18.4 Å². The SMILES string of the molecule is O=C(/C=C/c1cccc(C(F)(F)F)c1)NNC(=O)COc1cccc(C(F)(F)F)c1. The van der Waals surface area contributed by atoms with Gasteiger partial charge in [-0.3, -0.25) is 20.4 Å². The lowest BCUT2D eigenvalue weighted by molar-refractivity contribution is -0.138. The van der Waals surface area contributed by atoms with Crippen LogP contribution in [0.2, 0.25) is 0 Å². The Labute approximate surface area is 166 Å². The van der Waals surface area contributed by atoms with Crippen LogP contribution in [0.5, 0.6) is 5.75 Å². The molecule has 30 heavy (non-hydrogen) atoms. The van der Waals surface area contributed by atoms with Crippen LogP contribution >= 0.6 is 0 Å². The highest BCUT2D eigenvalue weighted by atomic mass is 19.4. The molecule has 0 radical (unpaired) electrons. The Kier molecular flexibility index (Phi) is 7.09. The van der Waals surface area contributed by atoms with E-state index in [1.165, 1.54) is 18.2 Å². The molecule has 0 aliphatic heterocycles. The molecule has 2 aromatic rings. The topological polar surface area (TPSA) is 67.4 Å². The van der Waals surface area contributed by atoms with E-state index in [0.29, 0.717) is 6.07 Å². The van der Waals surface area contributed by atoms with Crippen molar-refractivity contribution in [1.29, 1.82) is 0 Å². The number of carbonyl (C=O) groups is 2. The number of benzene rings is 2. The summed E-state index contributed by atoms with van der Waals surface area (Å²) in [4.78, 5) is 23.2. The number of ether oxygens (including phenoxy) is 1. The molecule has 0 unspecified atom stereocenters. The zero-order valence-electron chi connectivity index (χ0n) is 15.0. The molecule has 5 nitrogen and oxygen atoms in total. The molecule has 0 heterocycles. The number of alkyl halides is 6. The van der Waals surface area contributed by atoms with E-state index >= 15 is 0 Å². The molecular weight excluding hydrogens is 418 g/mol. The van der Waals surface area contributed by atoms with Gasteiger partial charge in [-0.25, -0.2) is 0 Å². The van der Waals surface area contributed by atoms with E-state index in [4.69, 9.17) is 4.74 Å². The Hall–Kier alpha value is -3.50. The summed E-state index contributed by atoms with van der Waals surface area (Å²) in [6, 6.07) is 8.12. The van der Waals surface area contributed by atoms with E-state index in [1.807, 2.05) is 10.9 Å². The molecule has 2 amide bonds. The monoisotopic (exact) mass is 432 g/mol. The van der Waals surface area contributed by atoms with Crippen LogP contribution in [0.1, 0.15) is 16.7 Å². The van der Waals surface area contributed by atoms with Gasteiger partial charge >= 0.3 is 12.4 Å². The standard InChI is InChI=1S/C19H14F6N2O3/c20-18(21,22)13-4-1-3-12(9-13)7-8-16(28)26-27-17(29)11-30-15-6-2-5-14(10-15)19(23,24)25/h1-10H,11H2,(H,26,28)(H,27,29)/b8-7+. The summed E-state index contributed by atoms with van der Waals surface area (Å²) in [6.07, 6.45) is -7.10. The fourth-order valence-electron chi connectivity index (χ4n) is 2.11. The second-order valence-electron chi connectivity index (χ2n) is 5.81. The predicted molar refractivity (Wildman–Crippen MR) is 93.7 cm³/mol. The maximum absolute atomic E-state index is 12.6. The number of carbonyl (C=O) groups excluding carboxylic acids is 2. The highest BCUT2D eigenvalue weighted by Crippen LogP contribution is 2.31. The summed E-state index contributed by atoms with van der Waals surface area (Å²) in [5.41, 5.74) is 2.19. The van der Waals surface area contributed by atoms with Crippen LogP contribution in [0.15, 0.2) is 54.6 Å². The van der Waals surface area contributed by atoms with Crippen LogP contribution in [0.3, 0.4) is 0 Å². The maximum atomic E-state index is 12.6. The number of hydrazine groups is 1. The smallest absolute Gasteiger partial charge is 0.416 e. The molecule has 0 fully saturated rings. The number of amides is 2. The van der Waals surface area contributed by atoms with Crippen molar-refractivity contribution in [2.24, 2.45) is 0 Å². The summed E-state index contributed by atoms with van der Waals surface area (Å²) in [6.45, 7) is -0.682. The second-order valence-corrected chi connectivity index (χ2v) is 5.81. The first-order chi connectivity index (χ1) is 13.9. The average molecular weight is 432 g/mol. The lowest BCUT2D eigenvalue weighted by Gasteiger charge is -2.10. The van der Waals surface area contributed by atoms with Crippen LogP contribution in [0, 0.1) is 0 Å². The molecule has 0 aliphatic carbocycles. The second kappa shape index (κ2) is 9.33. The molecule has 2 rings (SSSR count). The van der Waals surface area contributed by atoms with E-state index in [2.05, 4.69) is 0 Å². The summed E-state index contributed by atoms with van der Waals surface area (Å²) in [7, 11) is 0. The molecule has 0 saturated heterocycles. The van der Waals surface area contributed by atoms with Gasteiger partial charge in [-0.05, 0) is 42.0 Å². The first-order valence-corrected chi connectivity index (χ1v) is 8.19. The van der Waals surface area contributed by atoms with Gasteiger partial charge in [0.25, 0.3) is 11.8 Å². The van der Waals surface area contributed by atoms with Gasteiger partial charge in [-0.2, -0.15) is 26.3 Å². The van der Waals surface area contributed by atoms with Crippen molar-refractivity contribution in [2.75, 3.05) is 6.61 Å². The Morgan fingerprint density at radius 2 is 1.47 bits per heavy atom. The zero-order chi connectivity index (χ0) is 22.4. The van der Waals surface area contributed by atoms with Gasteiger partial charge in [0.1, 0.15) is 5.75 Å². The molecule has 2 N–H and O–H groups in total. The van der Waals surface area contributed by atoms with Crippen molar-refractivity contribution in [3.8, 4) is 5.75 Å². The summed E-state index contributed by atoms with van der Waals surface area (Å²) < 4.78 is 80.6. The van der Waals surface area contributed by atoms with Gasteiger partial charge in [-0.1, -0.05) is 18.2 Å². The van der Waals surface area contributed by atoms with Gasteiger partial charge in [-0.15, -0.1) is 0 Å². The Morgan fingerprint density at radius 3 is 2.10 bits per heavy atom. The molecular formula is C19H14F6N2O3. The van der Waals surface area contributed by atoms with E-state index in [1.54, 1.807) is 0 Å². The van der Waals surface area contributed by atoms with Crippen molar-refractivity contribution < 1.29 is 40.7 Å². The minimum Gasteiger partial charge on any atom is -0.484 e. The van der Waals surface area contributed by atoms with Gasteiger partial charge < -0.3 is 4.74 Å². The molecule has 160 valence electrons. The number of hydrogen-bond acceptors (Lipinski definition) is 3. The van der Waals surface area contributed by atoms with Gasteiger partial charge in [0.05, 0.1) is 11.1 Å². The van der Waals surface area contributed by atoms with Crippen molar-refractivity contribution in [1.82, 2.24) is 10.9 Å². The minimum atomic E-state index is -4.57. The quantitative estimate of drug-likeness (QED) is 0.427. The largest absolute Gasteiger partial charge is 0.484 e. The third-order valence-electron chi connectivity index (χ3n) is 3.50. The van der Waals surface area contributed by atoms with Crippen LogP contribution in [0.4, 0.5) is 26.3 Å². The normalized spacial score (nSPS) is 11.9. The molecule has 0 bridgehead atoms.